The van der Waals surface area contributed by atoms with E-state index in [1.807, 2.05) is 0 Å². The highest BCUT2D eigenvalue weighted by Gasteiger charge is 2.47. The zero-order valence-electron chi connectivity index (χ0n) is 14.3. The number of carbonyl (C=O) groups is 3. The zero-order valence-corrected chi connectivity index (χ0v) is 15.2. The lowest BCUT2D eigenvalue weighted by molar-refractivity contribution is -0.140. The minimum atomic E-state index is -0.794. The van der Waals surface area contributed by atoms with E-state index >= 15 is 0 Å². The molecular formula is C18H17F2N3O3S. The van der Waals surface area contributed by atoms with Gasteiger partial charge in [0.15, 0.2) is 10.9 Å². The third-order valence-corrected chi connectivity index (χ3v) is 6.07. The summed E-state index contributed by atoms with van der Waals surface area (Å²) in [6.07, 6.45) is 3.29. The number of rotatable bonds is 4. The van der Waals surface area contributed by atoms with Crippen LogP contribution < -0.4 is 5.32 Å². The molecule has 1 aromatic carbocycles. The zero-order chi connectivity index (χ0) is 19.1. The number of nitrogens with zero attached hydrogens (tertiary/aromatic N) is 2. The van der Waals surface area contributed by atoms with Gasteiger partial charge in [0.25, 0.3) is 0 Å². The van der Waals surface area contributed by atoms with E-state index in [1.165, 1.54) is 4.90 Å². The molecule has 1 aliphatic carbocycles. The summed E-state index contributed by atoms with van der Waals surface area (Å²) in [6.45, 7) is 0.0182. The molecule has 2 heterocycles. The summed E-state index contributed by atoms with van der Waals surface area (Å²) >= 11 is 0.959. The summed E-state index contributed by atoms with van der Waals surface area (Å²) in [4.78, 5) is 42.1. The Morgan fingerprint density at radius 2 is 1.85 bits per heavy atom. The minimum absolute atomic E-state index is 0.00864. The first-order chi connectivity index (χ1) is 12.9. The summed E-state index contributed by atoms with van der Waals surface area (Å²) in [5, 5.41) is 2.67. The van der Waals surface area contributed by atoms with Gasteiger partial charge in [0, 0.05) is 19.0 Å². The van der Waals surface area contributed by atoms with E-state index in [9.17, 15) is 23.2 Å². The maximum absolute atomic E-state index is 13.7. The topological polar surface area (TPSA) is 79.4 Å². The van der Waals surface area contributed by atoms with Gasteiger partial charge in [-0.1, -0.05) is 24.2 Å². The van der Waals surface area contributed by atoms with Crippen LogP contribution in [0, 0.1) is 23.5 Å². The molecule has 1 aromatic heterocycles. The molecule has 1 saturated carbocycles. The minimum Gasteiger partial charge on any atom is -0.302 e. The van der Waals surface area contributed by atoms with Crippen LogP contribution in [0.2, 0.25) is 0 Å². The monoisotopic (exact) mass is 393 g/mol. The van der Waals surface area contributed by atoms with Gasteiger partial charge in [0.05, 0.1) is 16.5 Å². The molecule has 4 rings (SSSR count). The summed E-state index contributed by atoms with van der Waals surface area (Å²) in [7, 11) is 0. The third-order valence-electron chi connectivity index (χ3n) is 5.15. The van der Waals surface area contributed by atoms with Crippen LogP contribution in [0.4, 0.5) is 13.9 Å². The average molecular weight is 393 g/mol. The number of amides is 3. The van der Waals surface area contributed by atoms with Crippen molar-refractivity contribution >= 4 is 44.4 Å². The summed E-state index contributed by atoms with van der Waals surface area (Å²) < 4.78 is 27.2. The molecule has 2 atom stereocenters. The molecule has 0 bridgehead atoms. The predicted octanol–water partition coefficient (Wildman–Crippen LogP) is 3.08. The second kappa shape index (κ2) is 6.95. The quantitative estimate of drug-likeness (QED) is 0.810. The third kappa shape index (κ3) is 3.31. The van der Waals surface area contributed by atoms with Gasteiger partial charge in [-0.3, -0.25) is 19.3 Å². The Kier molecular flexibility index (Phi) is 4.63. The van der Waals surface area contributed by atoms with Crippen molar-refractivity contribution in [1.82, 2.24) is 9.88 Å². The maximum atomic E-state index is 13.7. The molecule has 2 aromatic rings. The molecule has 1 aliphatic heterocycles. The van der Waals surface area contributed by atoms with E-state index in [-0.39, 0.29) is 52.0 Å². The van der Waals surface area contributed by atoms with Crippen molar-refractivity contribution in [2.45, 2.75) is 32.1 Å². The van der Waals surface area contributed by atoms with Gasteiger partial charge in [-0.15, -0.1) is 0 Å². The van der Waals surface area contributed by atoms with E-state index in [1.54, 1.807) is 0 Å². The second-order valence-corrected chi connectivity index (χ2v) is 7.91. The Bertz CT molecular complexity index is 921. The molecule has 1 N–H and O–H groups in total. The lowest BCUT2D eigenvalue weighted by Gasteiger charge is -2.19. The molecule has 0 unspecified atom stereocenters. The number of imide groups is 1. The molecule has 3 amide bonds. The van der Waals surface area contributed by atoms with Crippen LogP contribution in [-0.2, 0) is 14.4 Å². The van der Waals surface area contributed by atoms with Crippen molar-refractivity contribution in [2.75, 3.05) is 11.9 Å². The maximum Gasteiger partial charge on any atom is 0.233 e. The van der Waals surface area contributed by atoms with Gasteiger partial charge >= 0.3 is 0 Å². The van der Waals surface area contributed by atoms with Crippen LogP contribution in [0.15, 0.2) is 12.1 Å². The molecule has 27 heavy (non-hydrogen) atoms. The van der Waals surface area contributed by atoms with Gasteiger partial charge in [0.1, 0.15) is 11.3 Å². The second-order valence-electron chi connectivity index (χ2n) is 6.88. The Morgan fingerprint density at radius 3 is 2.52 bits per heavy atom. The molecule has 2 fully saturated rings. The predicted molar refractivity (Wildman–Crippen MR) is 95.0 cm³/mol. The first kappa shape index (κ1) is 18.0. The Hall–Kier alpha value is -2.42. The van der Waals surface area contributed by atoms with Crippen LogP contribution in [0.25, 0.3) is 10.2 Å². The Morgan fingerprint density at radius 1 is 1.19 bits per heavy atom. The number of aromatic nitrogens is 1. The highest BCUT2D eigenvalue weighted by Crippen LogP contribution is 2.38. The molecule has 142 valence electrons. The van der Waals surface area contributed by atoms with Crippen LogP contribution >= 0.6 is 11.3 Å². The average Bonchev–Trinajstić information content (AvgIpc) is 3.13. The number of benzene rings is 1. The largest absolute Gasteiger partial charge is 0.302 e. The molecule has 2 aliphatic rings. The van der Waals surface area contributed by atoms with E-state index in [2.05, 4.69) is 10.3 Å². The first-order valence-electron chi connectivity index (χ1n) is 8.84. The number of carbonyl (C=O) groups excluding carboxylic acids is 3. The number of likely N-dealkylation sites (tertiary alicyclic amines) is 1. The van der Waals surface area contributed by atoms with Gasteiger partial charge in [-0.05, 0) is 18.9 Å². The van der Waals surface area contributed by atoms with Gasteiger partial charge in [-0.2, -0.15) is 0 Å². The van der Waals surface area contributed by atoms with E-state index in [4.69, 9.17) is 0 Å². The van der Waals surface area contributed by atoms with Gasteiger partial charge < -0.3 is 5.32 Å². The number of halogens is 2. The van der Waals surface area contributed by atoms with Gasteiger partial charge in [-0.25, -0.2) is 13.8 Å². The van der Waals surface area contributed by atoms with E-state index < -0.39 is 17.5 Å². The number of hydrogen-bond acceptors (Lipinski definition) is 5. The number of anilines is 1. The van der Waals surface area contributed by atoms with Crippen LogP contribution in [0.1, 0.15) is 32.1 Å². The van der Waals surface area contributed by atoms with Crippen molar-refractivity contribution in [1.29, 1.82) is 0 Å². The summed E-state index contributed by atoms with van der Waals surface area (Å²) in [5.74, 6) is -2.80. The molecule has 9 heteroatoms. The van der Waals surface area contributed by atoms with Gasteiger partial charge in [0.2, 0.25) is 17.7 Å². The Balaban J connectivity index is 1.39. The number of nitrogens with one attached hydrogen (secondary N) is 1. The highest BCUT2D eigenvalue weighted by molar-refractivity contribution is 7.22. The van der Waals surface area contributed by atoms with E-state index in [0.29, 0.717) is 0 Å². The van der Waals surface area contributed by atoms with Crippen LogP contribution in [0.5, 0.6) is 0 Å². The molecule has 1 saturated heterocycles. The van der Waals surface area contributed by atoms with Crippen LogP contribution in [-0.4, -0.2) is 34.2 Å². The normalized spacial score (nSPS) is 22.4. The molecule has 0 radical (unpaired) electrons. The summed E-state index contributed by atoms with van der Waals surface area (Å²) in [6, 6.07) is 1.88. The van der Waals surface area contributed by atoms with Crippen molar-refractivity contribution in [2.24, 2.45) is 11.8 Å². The Labute approximate surface area is 157 Å². The lowest BCUT2D eigenvalue weighted by atomic mass is 9.81. The van der Waals surface area contributed by atoms with Crippen LogP contribution in [0.3, 0.4) is 0 Å². The molecule has 6 nitrogen and oxygen atoms in total. The molecular weight excluding hydrogens is 376 g/mol. The SMILES string of the molecule is O=C(CCN1C(=O)[C@H]2CCCC[C@@H]2C1=O)Nc1nc2c(F)cc(F)cc2s1. The number of thiazole rings is 1. The molecule has 0 spiro atoms. The number of hydrogen-bond donors (Lipinski definition) is 1. The van der Waals surface area contributed by atoms with Crippen molar-refractivity contribution in [3.8, 4) is 0 Å². The fourth-order valence-electron chi connectivity index (χ4n) is 3.86. The first-order valence-corrected chi connectivity index (χ1v) is 9.66. The van der Waals surface area contributed by atoms with Crippen molar-refractivity contribution < 1.29 is 23.2 Å². The van der Waals surface area contributed by atoms with Crippen molar-refractivity contribution in [3.05, 3.63) is 23.8 Å². The fraction of sp³-hybridized carbons (Fsp3) is 0.444. The number of fused-ring (bicyclic) bond motifs is 2. The standard InChI is InChI=1S/C18H17F2N3O3S/c19-9-7-12(20)15-13(8-9)27-18(22-15)21-14(24)5-6-23-16(25)10-3-1-2-4-11(10)17(23)26/h7-8,10-11H,1-6H2,(H,21,22,24)/t10-,11-/m0/s1. The van der Waals surface area contributed by atoms with Crippen molar-refractivity contribution in [3.63, 3.8) is 0 Å². The lowest BCUT2D eigenvalue weighted by Crippen LogP contribution is -2.34. The smallest absolute Gasteiger partial charge is 0.233 e. The van der Waals surface area contributed by atoms with E-state index in [0.717, 1.165) is 49.2 Å². The summed E-state index contributed by atoms with van der Waals surface area (Å²) in [5.41, 5.74) is -0.00864. The fourth-order valence-corrected chi connectivity index (χ4v) is 4.78. The highest BCUT2D eigenvalue weighted by atomic mass is 32.1.